The van der Waals surface area contributed by atoms with Crippen molar-refractivity contribution in [3.63, 3.8) is 0 Å². The Hall–Kier alpha value is -3.09. The van der Waals surface area contributed by atoms with Crippen LogP contribution in [0.15, 0.2) is 52.9 Å². The summed E-state index contributed by atoms with van der Waals surface area (Å²) < 4.78 is 49.0. The molecule has 0 saturated carbocycles. The van der Waals surface area contributed by atoms with E-state index in [1.54, 1.807) is 31.2 Å². The van der Waals surface area contributed by atoms with Gasteiger partial charge in [-0.3, -0.25) is 4.79 Å². The van der Waals surface area contributed by atoms with Crippen LogP contribution in [0.3, 0.4) is 0 Å². The minimum absolute atomic E-state index is 0.0703. The van der Waals surface area contributed by atoms with E-state index in [0.717, 1.165) is 12.1 Å². The summed E-state index contributed by atoms with van der Waals surface area (Å²) in [5.41, 5.74) is 0.608. The van der Waals surface area contributed by atoms with Crippen LogP contribution in [-0.4, -0.2) is 11.3 Å². The topological polar surface area (TPSA) is 52.3 Å². The van der Waals surface area contributed by atoms with E-state index in [0.29, 0.717) is 34.6 Å². The van der Waals surface area contributed by atoms with Gasteiger partial charge in [0.1, 0.15) is 23.8 Å². The Kier molecular flexibility index (Phi) is 4.79. The average Bonchev–Trinajstić information content (AvgIpc) is 3.00. The van der Waals surface area contributed by atoms with Crippen LogP contribution in [0.5, 0.6) is 5.75 Å². The highest BCUT2D eigenvalue weighted by Crippen LogP contribution is 2.31. The molecule has 0 amide bonds. The second-order valence-corrected chi connectivity index (χ2v) is 5.54. The van der Waals surface area contributed by atoms with Crippen LogP contribution in [0.1, 0.15) is 27.4 Å². The summed E-state index contributed by atoms with van der Waals surface area (Å²) in [6, 6.07) is 11.3. The zero-order valence-corrected chi connectivity index (χ0v) is 13.7. The predicted molar refractivity (Wildman–Crippen MR) is 87.8 cm³/mol. The van der Waals surface area contributed by atoms with Gasteiger partial charge in [-0.2, -0.15) is 13.2 Å². The van der Waals surface area contributed by atoms with Crippen molar-refractivity contribution in [2.75, 3.05) is 0 Å². The third kappa shape index (κ3) is 3.77. The van der Waals surface area contributed by atoms with Crippen LogP contribution in [0.4, 0.5) is 13.2 Å². The lowest BCUT2D eigenvalue weighted by Gasteiger charge is -2.06. The fourth-order valence-corrected chi connectivity index (χ4v) is 2.34. The first kappa shape index (κ1) is 17.7. The molecule has 26 heavy (non-hydrogen) atoms. The van der Waals surface area contributed by atoms with E-state index in [-0.39, 0.29) is 12.5 Å². The zero-order chi connectivity index (χ0) is 18.7. The number of aryl methyl sites for hydroxylation is 1. The number of benzene rings is 2. The highest BCUT2D eigenvalue weighted by atomic mass is 19.4. The minimum atomic E-state index is -4.39. The van der Waals surface area contributed by atoms with Crippen LogP contribution in [0.25, 0.3) is 11.5 Å². The molecule has 0 spiro atoms. The monoisotopic (exact) mass is 361 g/mol. The number of para-hydroxylation sites is 1. The molecule has 0 radical (unpaired) electrons. The van der Waals surface area contributed by atoms with Gasteiger partial charge < -0.3 is 9.15 Å². The molecule has 0 aliphatic heterocycles. The van der Waals surface area contributed by atoms with E-state index >= 15 is 0 Å². The van der Waals surface area contributed by atoms with Gasteiger partial charge >= 0.3 is 6.18 Å². The summed E-state index contributed by atoms with van der Waals surface area (Å²) in [7, 11) is 0. The second kappa shape index (κ2) is 7.03. The quantitative estimate of drug-likeness (QED) is 0.596. The SMILES string of the molecule is Cc1oc(-c2ccc(C(F)(F)F)cc2)nc1COc1ccccc1C=O. The summed E-state index contributed by atoms with van der Waals surface area (Å²) in [6.07, 6.45) is -3.70. The first-order valence-corrected chi connectivity index (χ1v) is 7.69. The Labute approximate surface area is 147 Å². The zero-order valence-electron chi connectivity index (χ0n) is 13.7. The molecule has 0 aliphatic rings. The molecule has 7 heteroatoms. The van der Waals surface area contributed by atoms with Gasteiger partial charge in [0.15, 0.2) is 6.29 Å². The minimum Gasteiger partial charge on any atom is -0.486 e. The maximum atomic E-state index is 12.6. The summed E-state index contributed by atoms with van der Waals surface area (Å²) in [4.78, 5) is 15.3. The number of rotatable bonds is 5. The molecular weight excluding hydrogens is 347 g/mol. The Morgan fingerprint density at radius 3 is 2.46 bits per heavy atom. The number of carbonyl (C=O) groups excluding carboxylic acids is 1. The predicted octanol–water partition coefficient (Wildman–Crippen LogP) is 5.06. The van der Waals surface area contributed by atoms with Crippen molar-refractivity contribution in [1.29, 1.82) is 0 Å². The van der Waals surface area contributed by atoms with Crippen LogP contribution < -0.4 is 4.74 Å². The number of hydrogen-bond donors (Lipinski definition) is 0. The number of halogens is 3. The molecule has 0 bridgehead atoms. The summed E-state index contributed by atoms with van der Waals surface area (Å²) in [6.45, 7) is 1.76. The number of aldehydes is 1. The Morgan fingerprint density at radius 1 is 1.12 bits per heavy atom. The van der Waals surface area contributed by atoms with Crippen LogP contribution >= 0.6 is 0 Å². The van der Waals surface area contributed by atoms with Crippen molar-refractivity contribution >= 4 is 6.29 Å². The largest absolute Gasteiger partial charge is 0.486 e. The van der Waals surface area contributed by atoms with Crippen molar-refractivity contribution in [1.82, 2.24) is 4.98 Å². The van der Waals surface area contributed by atoms with Gasteiger partial charge in [-0.15, -0.1) is 0 Å². The molecule has 4 nitrogen and oxygen atoms in total. The molecule has 1 heterocycles. The third-order valence-electron chi connectivity index (χ3n) is 3.76. The Morgan fingerprint density at radius 2 is 1.81 bits per heavy atom. The molecule has 1 aromatic heterocycles. The van der Waals surface area contributed by atoms with Gasteiger partial charge in [0.25, 0.3) is 0 Å². The summed E-state index contributed by atoms with van der Waals surface area (Å²) >= 11 is 0. The standard InChI is InChI=1S/C19H14F3NO3/c1-12-16(11-25-17-5-3-2-4-14(17)10-24)23-18(26-12)13-6-8-15(9-7-13)19(20,21)22/h2-10H,11H2,1H3. The lowest BCUT2D eigenvalue weighted by molar-refractivity contribution is -0.137. The molecule has 0 unspecified atom stereocenters. The van der Waals surface area contributed by atoms with Crippen molar-refractivity contribution in [3.8, 4) is 17.2 Å². The maximum absolute atomic E-state index is 12.6. The van der Waals surface area contributed by atoms with E-state index < -0.39 is 11.7 Å². The van der Waals surface area contributed by atoms with Gasteiger partial charge in [-0.25, -0.2) is 4.98 Å². The third-order valence-corrected chi connectivity index (χ3v) is 3.76. The lowest BCUT2D eigenvalue weighted by atomic mass is 10.1. The highest BCUT2D eigenvalue weighted by Gasteiger charge is 2.30. The van der Waals surface area contributed by atoms with Crippen LogP contribution in [0.2, 0.25) is 0 Å². The lowest BCUT2D eigenvalue weighted by Crippen LogP contribution is -2.04. The second-order valence-electron chi connectivity index (χ2n) is 5.54. The van der Waals surface area contributed by atoms with Crippen LogP contribution in [-0.2, 0) is 12.8 Å². The number of hydrogen-bond acceptors (Lipinski definition) is 4. The molecule has 2 aromatic carbocycles. The molecule has 0 fully saturated rings. The Balaban J connectivity index is 1.78. The number of nitrogens with zero attached hydrogens (tertiary/aromatic N) is 1. The molecule has 0 aliphatic carbocycles. The highest BCUT2D eigenvalue weighted by molar-refractivity contribution is 5.79. The molecule has 3 rings (SSSR count). The molecule has 0 atom stereocenters. The van der Waals surface area contributed by atoms with E-state index in [4.69, 9.17) is 9.15 Å². The average molecular weight is 361 g/mol. The van der Waals surface area contributed by atoms with Crippen molar-refractivity contribution in [2.24, 2.45) is 0 Å². The van der Waals surface area contributed by atoms with Gasteiger partial charge in [-0.05, 0) is 43.3 Å². The Bertz CT molecular complexity index is 915. The van der Waals surface area contributed by atoms with Crippen LogP contribution in [0, 0.1) is 6.92 Å². The van der Waals surface area contributed by atoms with Crippen molar-refractivity contribution < 1.29 is 27.1 Å². The molecular formula is C19H14F3NO3. The first-order valence-electron chi connectivity index (χ1n) is 7.69. The summed E-state index contributed by atoms with van der Waals surface area (Å²) in [5, 5.41) is 0. The molecule has 134 valence electrons. The molecule has 0 N–H and O–H groups in total. The van der Waals surface area contributed by atoms with E-state index in [9.17, 15) is 18.0 Å². The summed E-state index contributed by atoms with van der Waals surface area (Å²) in [5.74, 6) is 1.11. The number of aromatic nitrogens is 1. The smallest absolute Gasteiger partial charge is 0.416 e. The van der Waals surface area contributed by atoms with Gasteiger partial charge in [0.05, 0.1) is 11.1 Å². The normalized spacial score (nSPS) is 11.4. The fourth-order valence-electron chi connectivity index (χ4n) is 2.34. The van der Waals surface area contributed by atoms with E-state index in [1.807, 2.05) is 0 Å². The molecule has 0 saturated heterocycles. The fraction of sp³-hybridized carbons (Fsp3) is 0.158. The van der Waals surface area contributed by atoms with E-state index in [1.165, 1.54) is 12.1 Å². The first-order chi connectivity index (χ1) is 12.4. The number of ether oxygens (including phenoxy) is 1. The molecule has 3 aromatic rings. The van der Waals surface area contributed by atoms with Gasteiger partial charge in [0, 0.05) is 5.56 Å². The van der Waals surface area contributed by atoms with Crippen molar-refractivity contribution in [3.05, 3.63) is 71.1 Å². The van der Waals surface area contributed by atoms with E-state index in [2.05, 4.69) is 4.98 Å². The van der Waals surface area contributed by atoms with Gasteiger partial charge in [0.2, 0.25) is 5.89 Å². The number of alkyl halides is 3. The number of oxazole rings is 1. The number of carbonyl (C=O) groups is 1. The van der Waals surface area contributed by atoms with Gasteiger partial charge in [-0.1, -0.05) is 12.1 Å². The van der Waals surface area contributed by atoms with Crippen molar-refractivity contribution in [2.45, 2.75) is 19.7 Å². The maximum Gasteiger partial charge on any atom is 0.416 e.